The number of aromatic amines is 1. The average molecular weight is 303 g/mol. The summed E-state index contributed by atoms with van der Waals surface area (Å²) in [4.78, 5) is 32.6. The Kier molecular flexibility index (Phi) is 5.21. The quantitative estimate of drug-likeness (QED) is 0.364. The van der Waals surface area contributed by atoms with Crippen LogP contribution in [0.3, 0.4) is 0 Å². The zero-order chi connectivity index (χ0) is 15.3. The highest BCUT2D eigenvalue weighted by Gasteiger charge is 2.25. The summed E-state index contributed by atoms with van der Waals surface area (Å²) in [5.74, 6) is -1.98. The molecule has 9 nitrogen and oxygen atoms in total. The van der Waals surface area contributed by atoms with Gasteiger partial charge in [0.15, 0.2) is 10.7 Å². The maximum absolute atomic E-state index is 11.8. The number of nitrogens with zero attached hydrogens (tertiary/aromatic N) is 2. The number of carbonyl (C=O) groups excluding carboxylic acids is 2. The number of H-pyrrole nitrogens is 1. The molecule has 0 saturated heterocycles. The van der Waals surface area contributed by atoms with Crippen LogP contribution < -0.4 is 5.32 Å². The van der Waals surface area contributed by atoms with Crippen LogP contribution >= 0.6 is 11.6 Å². The molecule has 0 fully saturated rings. The molecule has 0 atom stereocenters. The standard InChI is InChI=1S/C10H11ClN4O5/c1-3-20-6(16)4-5(2)12-10(17)8-7(11)9(14-13-8)15(18)19/h4H,3H2,1-2H3,(H,12,17)(H,13,14)/b5-4+. The van der Waals surface area contributed by atoms with E-state index in [9.17, 15) is 19.7 Å². The summed E-state index contributed by atoms with van der Waals surface area (Å²) in [6, 6.07) is 0. The molecule has 0 radical (unpaired) electrons. The van der Waals surface area contributed by atoms with Gasteiger partial charge in [-0.1, -0.05) is 16.7 Å². The van der Waals surface area contributed by atoms with Crippen molar-refractivity contribution in [2.24, 2.45) is 0 Å². The number of allylic oxidation sites excluding steroid dienone is 1. The zero-order valence-electron chi connectivity index (χ0n) is 10.6. The van der Waals surface area contributed by atoms with Crippen LogP contribution in [0.2, 0.25) is 5.02 Å². The molecular weight excluding hydrogens is 292 g/mol. The Labute approximate surface area is 118 Å². The second-order valence-corrected chi connectivity index (χ2v) is 3.90. The van der Waals surface area contributed by atoms with Crippen molar-refractivity contribution >= 4 is 29.3 Å². The Bertz CT molecular complexity index is 580. The number of hydrogen-bond donors (Lipinski definition) is 2. The Hall–Kier alpha value is -2.42. The minimum atomic E-state index is -0.798. The van der Waals surface area contributed by atoms with Crippen LogP contribution in [0.5, 0.6) is 0 Å². The lowest BCUT2D eigenvalue weighted by Gasteiger charge is -2.02. The van der Waals surface area contributed by atoms with E-state index in [0.717, 1.165) is 6.08 Å². The second kappa shape index (κ2) is 6.66. The molecule has 0 saturated carbocycles. The van der Waals surface area contributed by atoms with Crippen molar-refractivity contribution in [3.05, 3.63) is 32.6 Å². The molecule has 10 heteroatoms. The second-order valence-electron chi connectivity index (χ2n) is 3.53. The third-order valence-corrected chi connectivity index (χ3v) is 2.38. The van der Waals surface area contributed by atoms with Crippen LogP contribution in [0.1, 0.15) is 24.3 Å². The zero-order valence-corrected chi connectivity index (χ0v) is 11.4. The van der Waals surface area contributed by atoms with Gasteiger partial charge in [0.2, 0.25) is 0 Å². The number of nitrogens with one attached hydrogen (secondary N) is 2. The third-order valence-electron chi connectivity index (χ3n) is 2.02. The van der Waals surface area contributed by atoms with Crippen molar-refractivity contribution in [1.29, 1.82) is 0 Å². The van der Waals surface area contributed by atoms with Crippen LogP contribution in [0.25, 0.3) is 0 Å². The average Bonchev–Trinajstić information content (AvgIpc) is 2.70. The van der Waals surface area contributed by atoms with E-state index in [1.54, 1.807) is 6.92 Å². The summed E-state index contributed by atoms with van der Waals surface area (Å²) >= 11 is 5.65. The highest BCUT2D eigenvalue weighted by Crippen LogP contribution is 2.24. The van der Waals surface area contributed by atoms with Gasteiger partial charge >= 0.3 is 11.8 Å². The maximum Gasteiger partial charge on any atom is 0.362 e. The molecule has 0 aliphatic carbocycles. The minimum absolute atomic E-state index is 0.190. The molecule has 108 valence electrons. The minimum Gasteiger partial charge on any atom is -0.463 e. The van der Waals surface area contributed by atoms with Crippen LogP contribution in [0, 0.1) is 10.1 Å². The van der Waals surface area contributed by atoms with Gasteiger partial charge in [0, 0.05) is 11.8 Å². The largest absolute Gasteiger partial charge is 0.463 e. The van der Waals surface area contributed by atoms with E-state index in [1.165, 1.54) is 6.92 Å². The molecular formula is C10H11ClN4O5. The molecule has 0 bridgehead atoms. The number of amides is 1. The Morgan fingerprint density at radius 1 is 1.60 bits per heavy atom. The maximum atomic E-state index is 11.8. The van der Waals surface area contributed by atoms with Crippen molar-refractivity contribution < 1.29 is 19.2 Å². The highest BCUT2D eigenvalue weighted by molar-refractivity contribution is 6.35. The summed E-state index contributed by atoms with van der Waals surface area (Å²) in [6.45, 7) is 3.29. The number of aromatic nitrogens is 2. The van der Waals surface area contributed by atoms with Gasteiger partial charge in [0.05, 0.1) is 6.61 Å². The van der Waals surface area contributed by atoms with Gasteiger partial charge in [0.25, 0.3) is 5.91 Å². The van der Waals surface area contributed by atoms with Crippen molar-refractivity contribution in [3.63, 3.8) is 0 Å². The number of carbonyl (C=O) groups is 2. The third kappa shape index (κ3) is 3.79. The van der Waals surface area contributed by atoms with E-state index < -0.39 is 27.6 Å². The van der Waals surface area contributed by atoms with Gasteiger partial charge in [-0.2, -0.15) is 0 Å². The number of hydrogen-bond acceptors (Lipinski definition) is 6. The van der Waals surface area contributed by atoms with E-state index in [1.807, 2.05) is 5.10 Å². The normalized spacial score (nSPS) is 11.1. The summed E-state index contributed by atoms with van der Waals surface area (Å²) in [5, 5.41) is 17.9. The van der Waals surface area contributed by atoms with E-state index in [-0.39, 0.29) is 18.0 Å². The van der Waals surface area contributed by atoms with Gasteiger partial charge in [-0.3, -0.25) is 4.79 Å². The van der Waals surface area contributed by atoms with Gasteiger partial charge in [0.1, 0.15) is 0 Å². The van der Waals surface area contributed by atoms with Crippen LogP contribution in [-0.4, -0.2) is 33.6 Å². The molecule has 0 aliphatic heterocycles. The molecule has 0 aromatic carbocycles. The Balaban J connectivity index is 2.82. The Morgan fingerprint density at radius 3 is 2.75 bits per heavy atom. The molecule has 1 rings (SSSR count). The van der Waals surface area contributed by atoms with Crippen molar-refractivity contribution in [2.45, 2.75) is 13.8 Å². The van der Waals surface area contributed by atoms with Crippen LogP contribution in [-0.2, 0) is 9.53 Å². The smallest absolute Gasteiger partial charge is 0.362 e. The topological polar surface area (TPSA) is 127 Å². The lowest BCUT2D eigenvalue weighted by atomic mass is 10.3. The summed E-state index contributed by atoms with van der Waals surface area (Å²) < 4.78 is 4.66. The lowest BCUT2D eigenvalue weighted by molar-refractivity contribution is -0.389. The number of halogens is 1. The van der Waals surface area contributed by atoms with Crippen molar-refractivity contribution in [3.8, 4) is 0 Å². The molecule has 1 aromatic heterocycles. The van der Waals surface area contributed by atoms with E-state index >= 15 is 0 Å². The molecule has 0 aliphatic rings. The van der Waals surface area contributed by atoms with Gasteiger partial charge in [-0.15, -0.1) is 5.10 Å². The van der Waals surface area contributed by atoms with E-state index in [4.69, 9.17) is 11.6 Å². The summed E-state index contributed by atoms with van der Waals surface area (Å²) in [6.07, 6.45) is 1.07. The predicted molar refractivity (Wildman–Crippen MR) is 68.1 cm³/mol. The molecule has 1 aromatic rings. The molecule has 20 heavy (non-hydrogen) atoms. The first-order chi connectivity index (χ1) is 9.36. The molecule has 1 amide bonds. The monoisotopic (exact) mass is 302 g/mol. The molecule has 0 unspecified atom stereocenters. The van der Waals surface area contributed by atoms with Gasteiger partial charge < -0.3 is 20.2 Å². The predicted octanol–water partition coefficient (Wildman–Crippen LogP) is 1.17. The first-order valence-electron chi connectivity index (χ1n) is 5.41. The fourth-order valence-electron chi connectivity index (χ4n) is 1.23. The Morgan fingerprint density at radius 2 is 2.25 bits per heavy atom. The van der Waals surface area contributed by atoms with Crippen LogP contribution in [0.15, 0.2) is 11.8 Å². The number of esters is 1. The number of nitro groups is 1. The lowest BCUT2D eigenvalue weighted by Crippen LogP contribution is -2.23. The van der Waals surface area contributed by atoms with Crippen molar-refractivity contribution in [2.75, 3.05) is 6.61 Å². The SMILES string of the molecule is CCOC(=O)/C=C(\C)NC(=O)c1n[nH]c([N+](=O)[O-])c1Cl. The van der Waals surface area contributed by atoms with E-state index in [0.29, 0.717) is 0 Å². The molecule has 2 N–H and O–H groups in total. The fraction of sp³-hybridized carbons (Fsp3) is 0.300. The van der Waals surface area contributed by atoms with Gasteiger partial charge in [-0.25, -0.2) is 4.79 Å². The van der Waals surface area contributed by atoms with Crippen LogP contribution in [0.4, 0.5) is 5.82 Å². The van der Waals surface area contributed by atoms with Crippen molar-refractivity contribution in [1.82, 2.24) is 15.5 Å². The number of rotatable bonds is 5. The first kappa shape index (κ1) is 15.6. The highest BCUT2D eigenvalue weighted by atomic mass is 35.5. The summed E-state index contributed by atoms with van der Waals surface area (Å²) in [7, 11) is 0. The number of ether oxygens (including phenoxy) is 1. The van der Waals surface area contributed by atoms with Gasteiger partial charge in [-0.05, 0) is 18.8 Å². The molecule has 1 heterocycles. The molecule has 0 spiro atoms. The summed E-state index contributed by atoms with van der Waals surface area (Å²) in [5.41, 5.74) is -0.148. The first-order valence-corrected chi connectivity index (χ1v) is 5.79. The fourth-order valence-corrected chi connectivity index (χ4v) is 1.46. The van der Waals surface area contributed by atoms with E-state index in [2.05, 4.69) is 15.2 Å².